The van der Waals surface area contributed by atoms with Gasteiger partial charge in [-0.3, -0.25) is 9.69 Å². The van der Waals surface area contributed by atoms with Crippen molar-refractivity contribution in [3.05, 3.63) is 52.8 Å². The smallest absolute Gasteiger partial charge is 0.213 e. The lowest BCUT2D eigenvalue weighted by molar-refractivity contribution is 0.0901. The fourth-order valence-corrected chi connectivity index (χ4v) is 5.18. The number of aromatic nitrogens is 1. The molecule has 0 aliphatic carbocycles. The van der Waals surface area contributed by atoms with Crippen LogP contribution in [0, 0.1) is 13.8 Å². The number of rotatable bonds is 9. The second-order valence-corrected chi connectivity index (χ2v) is 10.3. The van der Waals surface area contributed by atoms with Gasteiger partial charge in [-0.2, -0.15) is 4.31 Å². The SMILES string of the molecule is CCS(=O)(=O)N1CCN(CC(=O)c2cc(C)n(CCc3ccc(OC)cc3)c2C)CC1. The third kappa shape index (κ3) is 5.56. The number of hydrogen-bond acceptors (Lipinski definition) is 5. The topological polar surface area (TPSA) is 71.9 Å². The van der Waals surface area contributed by atoms with Gasteiger partial charge in [-0.1, -0.05) is 12.1 Å². The zero-order valence-corrected chi connectivity index (χ0v) is 19.7. The van der Waals surface area contributed by atoms with Crippen molar-refractivity contribution in [3.8, 4) is 5.75 Å². The number of nitrogens with zero attached hydrogens (tertiary/aromatic N) is 3. The lowest BCUT2D eigenvalue weighted by Crippen LogP contribution is -2.50. The molecule has 1 aromatic carbocycles. The highest BCUT2D eigenvalue weighted by molar-refractivity contribution is 7.89. The Morgan fingerprint density at radius 2 is 1.71 bits per heavy atom. The third-order valence-electron chi connectivity index (χ3n) is 6.11. The van der Waals surface area contributed by atoms with Crippen LogP contribution < -0.4 is 4.74 Å². The van der Waals surface area contributed by atoms with E-state index in [0.29, 0.717) is 32.7 Å². The summed E-state index contributed by atoms with van der Waals surface area (Å²) >= 11 is 0. The number of piperazine rings is 1. The molecule has 1 fully saturated rings. The molecule has 2 heterocycles. The van der Waals surface area contributed by atoms with Gasteiger partial charge in [-0.05, 0) is 51.0 Å². The van der Waals surface area contributed by atoms with Crippen LogP contribution in [0.1, 0.15) is 34.2 Å². The van der Waals surface area contributed by atoms with Crippen LogP contribution in [-0.2, 0) is 23.0 Å². The molecule has 31 heavy (non-hydrogen) atoms. The van der Waals surface area contributed by atoms with Crippen molar-refractivity contribution in [1.29, 1.82) is 0 Å². The zero-order chi connectivity index (χ0) is 22.6. The zero-order valence-electron chi connectivity index (χ0n) is 18.9. The van der Waals surface area contributed by atoms with E-state index < -0.39 is 10.0 Å². The number of benzene rings is 1. The van der Waals surface area contributed by atoms with E-state index in [-0.39, 0.29) is 11.5 Å². The van der Waals surface area contributed by atoms with Gasteiger partial charge in [0.25, 0.3) is 0 Å². The molecule has 0 amide bonds. The molecule has 1 aromatic heterocycles. The molecule has 0 radical (unpaired) electrons. The number of ether oxygens (including phenoxy) is 1. The van der Waals surface area contributed by atoms with Crippen molar-refractivity contribution in [2.45, 2.75) is 33.7 Å². The number of sulfonamides is 1. The first-order chi connectivity index (χ1) is 14.7. The Hall–Kier alpha value is -2.16. The lowest BCUT2D eigenvalue weighted by Gasteiger charge is -2.33. The van der Waals surface area contributed by atoms with Crippen molar-refractivity contribution in [1.82, 2.24) is 13.8 Å². The van der Waals surface area contributed by atoms with Crippen molar-refractivity contribution < 1.29 is 17.9 Å². The standard InChI is InChI=1S/C23H33N3O4S/c1-5-31(28,29)25-14-12-24(13-15-25)17-23(27)22-16-18(2)26(19(22)3)11-10-20-6-8-21(30-4)9-7-20/h6-9,16H,5,10-15,17H2,1-4H3. The fraction of sp³-hybridized carbons (Fsp3) is 0.522. The summed E-state index contributed by atoms with van der Waals surface area (Å²) in [7, 11) is -1.50. The van der Waals surface area contributed by atoms with Crippen LogP contribution in [-0.4, -0.2) is 73.6 Å². The van der Waals surface area contributed by atoms with Crippen LogP contribution in [0.2, 0.25) is 0 Å². The molecule has 2 aromatic rings. The quantitative estimate of drug-likeness (QED) is 0.553. The molecule has 0 saturated carbocycles. The van der Waals surface area contributed by atoms with Crippen molar-refractivity contribution in [2.75, 3.05) is 45.6 Å². The molecule has 0 unspecified atom stereocenters. The summed E-state index contributed by atoms with van der Waals surface area (Å²) in [6.45, 7) is 8.90. The van der Waals surface area contributed by atoms with E-state index >= 15 is 0 Å². The molecule has 0 N–H and O–H groups in total. The minimum absolute atomic E-state index is 0.0931. The van der Waals surface area contributed by atoms with Gasteiger partial charge in [0.2, 0.25) is 10.0 Å². The Morgan fingerprint density at radius 1 is 1.06 bits per heavy atom. The highest BCUT2D eigenvalue weighted by Gasteiger charge is 2.27. The largest absolute Gasteiger partial charge is 0.497 e. The molecule has 7 nitrogen and oxygen atoms in total. The fourth-order valence-electron chi connectivity index (χ4n) is 4.10. The summed E-state index contributed by atoms with van der Waals surface area (Å²) in [4.78, 5) is 15.0. The van der Waals surface area contributed by atoms with E-state index in [1.54, 1.807) is 14.0 Å². The predicted molar refractivity (Wildman–Crippen MR) is 122 cm³/mol. The van der Waals surface area contributed by atoms with E-state index in [4.69, 9.17) is 4.74 Å². The van der Waals surface area contributed by atoms with Gasteiger partial charge in [0, 0.05) is 49.7 Å². The predicted octanol–water partition coefficient (Wildman–Crippen LogP) is 2.51. The van der Waals surface area contributed by atoms with Crippen LogP contribution in [0.5, 0.6) is 5.75 Å². The van der Waals surface area contributed by atoms with Gasteiger partial charge >= 0.3 is 0 Å². The van der Waals surface area contributed by atoms with Crippen molar-refractivity contribution in [3.63, 3.8) is 0 Å². The highest BCUT2D eigenvalue weighted by atomic mass is 32.2. The van der Waals surface area contributed by atoms with Crippen LogP contribution >= 0.6 is 0 Å². The van der Waals surface area contributed by atoms with Gasteiger partial charge in [-0.15, -0.1) is 0 Å². The van der Waals surface area contributed by atoms with E-state index in [0.717, 1.165) is 35.7 Å². The summed E-state index contributed by atoms with van der Waals surface area (Å²) in [5.41, 5.74) is 4.05. The molecule has 1 saturated heterocycles. The van der Waals surface area contributed by atoms with Crippen molar-refractivity contribution >= 4 is 15.8 Å². The molecular formula is C23H33N3O4S. The Bertz CT molecular complexity index is 1000. The minimum atomic E-state index is -3.16. The minimum Gasteiger partial charge on any atom is -0.497 e. The van der Waals surface area contributed by atoms with Crippen molar-refractivity contribution in [2.24, 2.45) is 0 Å². The summed E-state index contributed by atoms with van der Waals surface area (Å²) < 4.78 is 33.0. The average molecular weight is 448 g/mol. The lowest BCUT2D eigenvalue weighted by atomic mass is 10.1. The Morgan fingerprint density at radius 3 is 2.29 bits per heavy atom. The third-order valence-corrected chi connectivity index (χ3v) is 8.00. The van der Waals surface area contributed by atoms with E-state index in [1.165, 1.54) is 9.87 Å². The van der Waals surface area contributed by atoms with Gasteiger partial charge in [0.15, 0.2) is 5.78 Å². The summed E-state index contributed by atoms with van der Waals surface area (Å²) in [6, 6.07) is 10.0. The number of hydrogen-bond donors (Lipinski definition) is 0. The van der Waals surface area contributed by atoms with Gasteiger partial charge < -0.3 is 9.30 Å². The number of carbonyl (C=O) groups excluding carboxylic acids is 1. The molecular weight excluding hydrogens is 414 g/mol. The first kappa shape index (κ1) is 23.5. The first-order valence-electron chi connectivity index (χ1n) is 10.8. The molecule has 1 aliphatic heterocycles. The second kappa shape index (κ2) is 9.97. The summed E-state index contributed by atoms with van der Waals surface area (Å²) in [6.07, 6.45) is 0.877. The van der Waals surface area contributed by atoms with Gasteiger partial charge in [0.1, 0.15) is 5.75 Å². The molecule has 0 bridgehead atoms. The van der Waals surface area contributed by atoms with Crippen LogP contribution in [0.4, 0.5) is 0 Å². The maximum absolute atomic E-state index is 13.0. The van der Waals surface area contributed by atoms with Crippen LogP contribution in [0.25, 0.3) is 0 Å². The first-order valence-corrected chi connectivity index (χ1v) is 12.4. The molecule has 0 spiro atoms. The number of ketones is 1. The molecule has 1 aliphatic rings. The van der Waals surface area contributed by atoms with Gasteiger partial charge in [0.05, 0.1) is 19.4 Å². The number of carbonyl (C=O) groups is 1. The average Bonchev–Trinajstić information content (AvgIpc) is 3.06. The van der Waals surface area contributed by atoms with Gasteiger partial charge in [-0.25, -0.2) is 8.42 Å². The Labute approximate surface area is 185 Å². The second-order valence-electron chi connectivity index (χ2n) is 8.03. The Kier molecular flexibility index (Phi) is 7.56. The van der Waals surface area contributed by atoms with Crippen LogP contribution in [0.3, 0.4) is 0 Å². The van der Waals surface area contributed by atoms with E-state index in [2.05, 4.69) is 16.7 Å². The summed E-state index contributed by atoms with van der Waals surface area (Å²) in [5, 5.41) is 0. The highest BCUT2D eigenvalue weighted by Crippen LogP contribution is 2.19. The van der Waals surface area contributed by atoms with E-state index in [9.17, 15) is 13.2 Å². The number of aryl methyl sites for hydroxylation is 2. The summed E-state index contributed by atoms with van der Waals surface area (Å²) in [5.74, 6) is 1.06. The van der Waals surface area contributed by atoms with Crippen LogP contribution in [0.15, 0.2) is 30.3 Å². The Balaban J connectivity index is 1.60. The monoisotopic (exact) mass is 447 g/mol. The maximum Gasteiger partial charge on any atom is 0.213 e. The van der Waals surface area contributed by atoms with E-state index in [1.807, 2.05) is 36.9 Å². The molecule has 0 atom stereocenters. The molecule has 8 heteroatoms. The number of Topliss-reactive ketones (excluding diaryl/α,β-unsaturated/α-hetero) is 1. The maximum atomic E-state index is 13.0. The number of methoxy groups -OCH3 is 1. The normalized spacial score (nSPS) is 15.9. The molecule has 170 valence electrons. The molecule has 3 rings (SSSR count).